The summed E-state index contributed by atoms with van der Waals surface area (Å²) >= 11 is 0. The molecule has 0 N–H and O–H groups in total. The van der Waals surface area contributed by atoms with Crippen LogP contribution in [0, 0.1) is 0 Å². The molecule has 1 saturated carbocycles. The van der Waals surface area contributed by atoms with Gasteiger partial charge in [0.2, 0.25) is 10.0 Å². The molecule has 0 spiro atoms. The molecule has 1 heterocycles. The largest absolute Gasteiger partial charge is 0.489 e. The lowest BCUT2D eigenvalue weighted by molar-refractivity contribution is -0.126. The molecule has 1 aliphatic carbocycles. The molecule has 1 saturated heterocycles. The normalized spacial score (nSPS) is 19.0. The summed E-state index contributed by atoms with van der Waals surface area (Å²) in [5.41, 5.74) is 0.410. The summed E-state index contributed by atoms with van der Waals surface area (Å²) in [6.07, 6.45) is 4.60. The Morgan fingerprint density at radius 1 is 1.10 bits per heavy atom. The molecule has 2 aliphatic rings. The minimum atomic E-state index is -3.66. The Kier molecular flexibility index (Phi) is 6.19. The van der Waals surface area contributed by atoms with Crippen LogP contribution in [0.4, 0.5) is 10.5 Å². The molecule has 0 radical (unpaired) electrons. The van der Waals surface area contributed by atoms with Crippen LogP contribution in [0.15, 0.2) is 23.1 Å². The van der Waals surface area contributed by atoms with Crippen molar-refractivity contribution in [2.75, 3.05) is 25.5 Å². The summed E-state index contributed by atoms with van der Waals surface area (Å²) in [6.45, 7) is 3.58. The number of ether oxygens (including phenoxy) is 1. The van der Waals surface area contributed by atoms with Gasteiger partial charge in [-0.15, -0.1) is 0 Å². The first kappa shape index (κ1) is 21.6. The van der Waals surface area contributed by atoms with Gasteiger partial charge in [0.1, 0.15) is 12.3 Å². The smallest absolute Gasteiger partial charge is 0.332 e. The highest BCUT2D eigenvalue weighted by atomic mass is 32.2. The van der Waals surface area contributed by atoms with Crippen LogP contribution in [0.25, 0.3) is 0 Å². The Morgan fingerprint density at radius 2 is 1.76 bits per heavy atom. The van der Waals surface area contributed by atoms with Crippen molar-refractivity contribution in [2.45, 2.75) is 63.0 Å². The molecule has 3 amide bonds. The van der Waals surface area contributed by atoms with Crippen LogP contribution in [-0.2, 0) is 14.8 Å². The van der Waals surface area contributed by atoms with Crippen molar-refractivity contribution in [3.05, 3.63) is 18.2 Å². The van der Waals surface area contributed by atoms with Crippen molar-refractivity contribution in [3.8, 4) is 5.75 Å². The number of hydrogen-bond donors (Lipinski definition) is 0. The molecule has 0 aromatic heterocycles. The third kappa shape index (κ3) is 4.25. The molecule has 1 aromatic rings. The van der Waals surface area contributed by atoms with Gasteiger partial charge < -0.3 is 4.74 Å². The number of sulfonamides is 1. The van der Waals surface area contributed by atoms with Gasteiger partial charge in [-0.05, 0) is 38.8 Å². The first-order chi connectivity index (χ1) is 13.6. The first-order valence-corrected chi connectivity index (χ1v) is 11.4. The quantitative estimate of drug-likeness (QED) is 0.657. The molecule has 3 rings (SSSR count). The molecule has 2 fully saturated rings. The van der Waals surface area contributed by atoms with Gasteiger partial charge in [0.15, 0.2) is 0 Å². The number of benzene rings is 1. The van der Waals surface area contributed by atoms with Crippen molar-refractivity contribution in [1.82, 2.24) is 9.21 Å². The van der Waals surface area contributed by atoms with E-state index in [2.05, 4.69) is 0 Å². The van der Waals surface area contributed by atoms with E-state index in [9.17, 15) is 18.0 Å². The van der Waals surface area contributed by atoms with Gasteiger partial charge in [-0.25, -0.2) is 17.5 Å². The van der Waals surface area contributed by atoms with Gasteiger partial charge in [0.05, 0.1) is 16.7 Å². The molecule has 160 valence electrons. The van der Waals surface area contributed by atoms with Gasteiger partial charge in [0, 0.05) is 26.2 Å². The Hall–Kier alpha value is -2.13. The number of rotatable bonds is 6. The van der Waals surface area contributed by atoms with Crippen LogP contribution < -0.4 is 9.64 Å². The molecule has 0 atom stereocenters. The van der Waals surface area contributed by atoms with Gasteiger partial charge in [0.25, 0.3) is 5.91 Å². The fourth-order valence-corrected chi connectivity index (χ4v) is 4.76. The molecular weight excluding hydrogens is 394 g/mol. The minimum Gasteiger partial charge on any atom is -0.489 e. The first-order valence-electron chi connectivity index (χ1n) is 9.99. The van der Waals surface area contributed by atoms with Crippen molar-refractivity contribution >= 4 is 27.6 Å². The average Bonchev–Trinajstić information content (AvgIpc) is 2.95. The Balaban J connectivity index is 1.97. The van der Waals surface area contributed by atoms with E-state index in [1.54, 1.807) is 6.07 Å². The van der Waals surface area contributed by atoms with Crippen LogP contribution in [0.2, 0.25) is 0 Å². The van der Waals surface area contributed by atoms with Crippen LogP contribution in [0.3, 0.4) is 0 Å². The lowest BCUT2D eigenvalue weighted by atomic mass is 9.94. The molecule has 0 unspecified atom stereocenters. The van der Waals surface area contributed by atoms with Crippen molar-refractivity contribution < 1.29 is 22.7 Å². The fourth-order valence-electron chi connectivity index (χ4n) is 3.84. The van der Waals surface area contributed by atoms with E-state index in [1.165, 1.54) is 36.0 Å². The molecule has 1 aliphatic heterocycles. The molecule has 29 heavy (non-hydrogen) atoms. The number of carbonyl (C=O) groups excluding carboxylic acids is 2. The van der Waals surface area contributed by atoms with E-state index in [0.29, 0.717) is 5.69 Å². The standard InChI is InChI=1S/C20H29N3O5S/c1-14(2)28-18-12-16(29(26,27)21(3)4)10-11-17(18)22-13-19(24)23(20(22)25)15-8-6-5-7-9-15/h10-12,14-15H,5-9,13H2,1-4H3. The van der Waals surface area contributed by atoms with E-state index in [4.69, 9.17) is 4.74 Å². The zero-order valence-electron chi connectivity index (χ0n) is 17.4. The third-order valence-electron chi connectivity index (χ3n) is 5.30. The highest BCUT2D eigenvalue weighted by Gasteiger charge is 2.42. The summed E-state index contributed by atoms with van der Waals surface area (Å²) in [5, 5.41) is 0. The van der Waals surface area contributed by atoms with Gasteiger partial charge in [-0.2, -0.15) is 0 Å². The lowest BCUT2D eigenvalue weighted by Crippen LogP contribution is -2.42. The predicted molar refractivity (Wildman–Crippen MR) is 110 cm³/mol. The Labute approximate surface area is 172 Å². The van der Waals surface area contributed by atoms with E-state index in [-0.39, 0.29) is 41.3 Å². The number of imide groups is 1. The van der Waals surface area contributed by atoms with E-state index >= 15 is 0 Å². The highest BCUT2D eigenvalue weighted by Crippen LogP contribution is 2.36. The van der Waals surface area contributed by atoms with Gasteiger partial charge >= 0.3 is 6.03 Å². The molecule has 1 aromatic carbocycles. The maximum Gasteiger partial charge on any atom is 0.332 e. The summed E-state index contributed by atoms with van der Waals surface area (Å²) in [4.78, 5) is 28.6. The topological polar surface area (TPSA) is 87.2 Å². The lowest BCUT2D eigenvalue weighted by Gasteiger charge is -2.29. The van der Waals surface area contributed by atoms with Crippen LogP contribution in [0.1, 0.15) is 46.0 Å². The molecular formula is C20H29N3O5S. The van der Waals surface area contributed by atoms with E-state index < -0.39 is 10.0 Å². The maximum absolute atomic E-state index is 13.1. The number of nitrogens with zero attached hydrogens (tertiary/aromatic N) is 3. The van der Waals surface area contributed by atoms with E-state index in [0.717, 1.165) is 36.4 Å². The molecule has 8 nitrogen and oxygen atoms in total. The van der Waals surface area contributed by atoms with Gasteiger partial charge in [-0.1, -0.05) is 19.3 Å². The van der Waals surface area contributed by atoms with Crippen LogP contribution in [0.5, 0.6) is 5.75 Å². The monoisotopic (exact) mass is 423 g/mol. The second kappa shape index (κ2) is 8.31. The fraction of sp³-hybridized carbons (Fsp3) is 0.600. The summed E-state index contributed by atoms with van der Waals surface area (Å²) < 4.78 is 32.0. The molecule has 0 bridgehead atoms. The van der Waals surface area contributed by atoms with Crippen LogP contribution >= 0.6 is 0 Å². The average molecular weight is 424 g/mol. The number of carbonyl (C=O) groups is 2. The van der Waals surface area contributed by atoms with Crippen LogP contribution in [-0.4, -0.2) is 62.3 Å². The summed E-state index contributed by atoms with van der Waals surface area (Å²) in [7, 11) is -0.745. The number of anilines is 1. The second-order valence-corrected chi connectivity index (χ2v) is 10.2. The van der Waals surface area contributed by atoms with Gasteiger partial charge in [-0.3, -0.25) is 14.6 Å². The maximum atomic E-state index is 13.1. The summed E-state index contributed by atoms with van der Waals surface area (Å²) in [5.74, 6) is 0.0527. The van der Waals surface area contributed by atoms with Crippen molar-refractivity contribution in [2.24, 2.45) is 0 Å². The zero-order valence-corrected chi connectivity index (χ0v) is 18.2. The summed E-state index contributed by atoms with van der Waals surface area (Å²) in [6, 6.07) is 3.99. The number of urea groups is 1. The predicted octanol–water partition coefficient (Wildman–Crippen LogP) is 2.83. The van der Waals surface area contributed by atoms with Crippen molar-refractivity contribution in [3.63, 3.8) is 0 Å². The second-order valence-electron chi connectivity index (χ2n) is 8.01. The minimum absolute atomic E-state index is 0.0587. The third-order valence-corrected chi connectivity index (χ3v) is 7.11. The van der Waals surface area contributed by atoms with E-state index in [1.807, 2.05) is 13.8 Å². The highest BCUT2D eigenvalue weighted by molar-refractivity contribution is 7.89. The Bertz CT molecular complexity index is 891. The number of hydrogen-bond acceptors (Lipinski definition) is 5. The Morgan fingerprint density at radius 3 is 2.34 bits per heavy atom. The van der Waals surface area contributed by atoms with Crippen molar-refractivity contribution in [1.29, 1.82) is 0 Å². The SMILES string of the molecule is CC(C)Oc1cc(S(=O)(=O)N(C)C)ccc1N1CC(=O)N(C2CCCCC2)C1=O. The molecule has 9 heteroatoms. The zero-order chi connectivity index (χ0) is 21.3. The number of amides is 3.